The molecule has 0 saturated carbocycles. The average molecular weight is 413 g/mol. The van der Waals surface area contributed by atoms with Crippen LogP contribution in [0.5, 0.6) is 5.75 Å². The summed E-state index contributed by atoms with van der Waals surface area (Å²) >= 11 is 0. The van der Waals surface area contributed by atoms with Crippen LogP contribution in [-0.2, 0) is 22.8 Å². The molecule has 0 radical (unpaired) electrons. The van der Waals surface area contributed by atoms with E-state index in [0.29, 0.717) is 19.0 Å². The molecule has 29 heavy (non-hydrogen) atoms. The molecule has 3 aromatic rings. The van der Waals surface area contributed by atoms with Crippen LogP contribution in [0, 0.1) is 0 Å². The molecule has 0 aliphatic rings. The van der Waals surface area contributed by atoms with Gasteiger partial charge < -0.3 is 14.2 Å². The molecule has 7 heteroatoms. The van der Waals surface area contributed by atoms with Crippen LogP contribution < -0.4 is 4.74 Å². The highest BCUT2D eigenvalue weighted by Crippen LogP contribution is 2.25. The molecule has 0 N–H and O–H groups in total. The maximum absolute atomic E-state index is 12.1. The molecule has 0 bridgehead atoms. The maximum Gasteiger partial charge on any atom is 0.359 e. The third-order valence-electron chi connectivity index (χ3n) is 4.56. The number of methoxy groups -OCH3 is 1. The number of carbonyl (C=O) groups excluding carboxylic acids is 1. The summed E-state index contributed by atoms with van der Waals surface area (Å²) in [6.07, 6.45) is 0. The Bertz CT molecular complexity index is 964. The van der Waals surface area contributed by atoms with Crippen LogP contribution in [0.2, 0.25) is 25.7 Å². The van der Waals surface area contributed by atoms with Crippen LogP contribution in [0.3, 0.4) is 0 Å². The molecule has 154 valence electrons. The fraction of sp³-hybridized carbons (Fsp3) is 0.364. The van der Waals surface area contributed by atoms with Gasteiger partial charge in [0.25, 0.3) is 0 Å². The lowest BCUT2D eigenvalue weighted by Gasteiger charge is -2.15. The predicted octanol–water partition coefficient (Wildman–Crippen LogP) is 4.71. The van der Waals surface area contributed by atoms with E-state index in [2.05, 4.69) is 24.7 Å². The molecule has 6 nitrogen and oxygen atoms in total. The zero-order valence-corrected chi connectivity index (χ0v) is 18.5. The summed E-state index contributed by atoms with van der Waals surface area (Å²) in [6.45, 7) is 8.36. The van der Waals surface area contributed by atoms with Gasteiger partial charge in [-0.1, -0.05) is 50.0 Å². The summed E-state index contributed by atoms with van der Waals surface area (Å²) in [5.41, 5.74) is 2.15. The van der Waals surface area contributed by atoms with Gasteiger partial charge in [-0.05, 0) is 23.7 Å². The first-order valence-corrected chi connectivity index (χ1v) is 13.4. The zero-order chi connectivity index (χ0) is 20.9. The number of carbonyl (C=O) groups is 1. The largest absolute Gasteiger partial charge is 0.489 e. The summed E-state index contributed by atoms with van der Waals surface area (Å²) in [7, 11) is 0.188. The molecule has 1 aromatic heterocycles. The van der Waals surface area contributed by atoms with E-state index in [9.17, 15) is 4.79 Å². The van der Waals surface area contributed by atoms with E-state index in [1.165, 1.54) is 7.11 Å². The lowest BCUT2D eigenvalue weighted by molar-refractivity contribution is 0.0585. The Balaban J connectivity index is 1.80. The van der Waals surface area contributed by atoms with Gasteiger partial charge in [-0.15, -0.1) is 0 Å². The highest BCUT2D eigenvalue weighted by atomic mass is 28.3. The zero-order valence-electron chi connectivity index (χ0n) is 17.5. The first kappa shape index (κ1) is 21.1. The molecule has 3 rings (SSSR count). The summed E-state index contributed by atoms with van der Waals surface area (Å²) in [5.74, 6) is 0.245. The van der Waals surface area contributed by atoms with Crippen molar-refractivity contribution in [1.82, 2.24) is 9.78 Å². The van der Waals surface area contributed by atoms with Crippen molar-refractivity contribution < 1.29 is 19.0 Å². The predicted molar refractivity (Wildman–Crippen MR) is 116 cm³/mol. The minimum absolute atomic E-state index is 0.278. The molecule has 0 amide bonds. The lowest BCUT2D eigenvalue weighted by atomic mass is 10.2. The average Bonchev–Trinajstić information content (AvgIpc) is 3.07. The van der Waals surface area contributed by atoms with Crippen LogP contribution in [0.1, 0.15) is 16.1 Å². The van der Waals surface area contributed by atoms with Crippen molar-refractivity contribution >= 4 is 24.9 Å². The number of hydrogen-bond acceptors (Lipinski definition) is 5. The van der Waals surface area contributed by atoms with Crippen molar-refractivity contribution in [2.24, 2.45) is 0 Å². The fourth-order valence-electron chi connectivity index (χ4n) is 2.86. The molecule has 0 atom stereocenters. The maximum atomic E-state index is 12.1. The van der Waals surface area contributed by atoms with E-state index >= 15 is 0 Å². The minimum Gasteiger partial charge on any atom is -0.489 e. The number of benzene rings is 2. The van der Waals surface area contributed by atoms with E-state index < -0.39 is 14.0 Å². The number of fused-ring (bicyclic) bond motifs is 1. The smallest absolute Gasteiger partial charge is 0.359 e. The van der Waals surface area contributed by atoms with Gasteiger partial charge in [-0.2, -0.15) is 5.10 Å². The summed E-state index contributed by atoms with van der Waals surface area (Å²) < 4.78 is 18.3. The SMILES string of the molecule is COC(=O)c1nn(COCC[Si](C)(C)C)c2cc(OCc3ccccc3)ccc12. The second kappa shape index (κ2) is 9.24. The number of esters is 1. The van der Waals surface area contributed by atoms with Gasteiger partial charge in [0.05, 0.1) is 12.6 Å². The van der Waals surface area contributed by atoms with Gasteiger partial charge in [-0.25, -0.2) is 9.48 Å². The van der Waals surface area contributed by atoms with Crippen LogP contribution in [0.4, 0.5) is 0 Å². The van der Waals surface area contributed by atoms with Crippen molar-refractivity contribution in [1.29, 1.82) is 0 Å². The number of ether oxygens (including phenoxy) is 3. The van der Waals surface area contributed by atoms with Crippen molar-refractivity contribution in [3.63, 3.8) is 0 Å². The van der Waals surface area contributed by atoms with Gasteiger partial charge >= 0.3 is 5.97 Å². The van der Waals surface area contributed by atoms with E-state index in [0.717, 1.165) is 22.5 Å². The normalized spacial score (nSPS) is 11.6. The third kappa shape index (κ3) is 5.68. The van der Waals surface area contributed by atoms with Crippen LogP contribution in [0.15, 0.2) is 48.5 Å². The van der Waals surface area contributed by atoms with Gasteiger partial charge in [0.1, 0.15) is 19.1 Å². The number of rotatable bonds is 9. The van der Waals surface area contributed by atoms with E-state index in [1.807, 2.05) is 48.5 Å². The summed E-state index contributed by atoms with van der Waals surface area (Å²) in [4.78, 5) is 12.1. The lowest BCUT2D eigenvalue weighted by Crippen LogP contribution is -2.22. The fourth-order valence-corrected chi connectivity index (χ4v) is 3.62. The van der Waals surface area contributed by atoms with Gasteiger partial charge in [-0.3, -0.25) is 0 Å². The molecule has 0 saturated heterocycles. The van der Waals surface area contributed by atoms with Crippen LogP contribution in [-0.4, -0.2) is 37.5 Å². The Hall–Kier alpha value is -2.64. The second-order valence-corrected chi connectivity index (χ2v) is 13.8. The minimum atomic E-state index is -1.17. The summed E-state index contributed by atoms with van der Waals surface area (Å²) in [5, 5.41) is 5.15. The first-order valence-electron chi connectivity index (χ1n) is 9.71. The van der Waals surface area contributed by atoms with Crippen molar-refractivity contribution in [2.75, 3.05) is 13.7 Å². The van der Waals surface area contributed by atoms with E-state index in [4.69, 9.17) is 14.2 Å². The third-order valence-corrected chi connectivity index (χ3v) is 6.26. The number of aromatic nitrogens is 2. The van der Waals surface area contributed by atoms with Crippen molar-refractivity contribution in [3.8, 4) is 5.75 Å². The highest BCUT2D eigenvalue weighted by Gasteiger charge is 2.19. The standard InChI is InChI=1S/C22H28N2O4Si/c1-26-22(25)21-19-11-10-18(28-15-17-8-6-5-7-9-17)14-20(19)24(23-21)16-27-12-13-29(2,3)4/h5-11,14H,12-13,15-16H2,1-4H3. The molecule has 0 unspecified atom stereocenters. The van der Waals surface area contributed by atoms with Gasteiger partial charge in [0.2, 0.25) is 0 Å². The van der Waals surface area contributed by atoms with E-state index in [-0.39, 0.29) is 12.4 Å². The Morgan fingerprint density at radius 2 is 1.86 bits per heavy atom. The Morgan fingerprint density at radius 1 is 1.10 bits per heavy atom. The van der Waals surface area contributed by atoms with Crippen LogP contribution >= 0.6 is 0 Å². The van der Waals surface area contributed by atoms with Crippen molar-refractivity contribution in [3.05, 3.63) is 59.8 Å². The Kier molecular flexibility index (Phi) is 6.71. The highest BCUT2D eigenvalue weighted by molar-refractivity contribution is 6.76. The monoisotopic (exact) mass is 412 g/mol. The molecule has 1 heterocycles. The second-order valence-electron chi connectivity index (χ2n) is 8.14. The van der Waals surface area contributed by atoms with Gasteiger partial charge in [0.15, 0.2) is 5.69 Å². The molecular formula is C22H28N2O4Si. The first-order chi connectivity index (χ1) is 13.9. The number of nitrogens with zero attached hydrogens (tertiary/aromatic N) is 2. The molecule has 0 fully saturated rings. The molecule has 0 aliphatic heterocycles. The molecule has 0 aliphatic carbocycles. The molecular weight excluding hydrogens is 384 g/mol. The molecule has 0 spiro atoms. The van der Waals surface area contributed by atoms with E-state index in [1.54, 1.807) is 4.68 Å². The topological polar surface area (TPSA) is 62.6 Å². The molecule has 2 aromatic carbocycles. The van der Waals surface area contributed by atoms with Crippen LogP contribution in [0.25, 0.3) is 10.9 Å². The Labute approximate surface area is 172 Å². The quantitative estimate of drug-likeness (QED) is 0.289. The van der Waals surface area contributed by atoms with Crippen molar-refractivity contribution in [2.45, 2.75) is 39.0 Å². The summed E-state index contributed by atoms with van der Waals surface area (Å²) in [6, 6.07) is 16.6. The number of hydrogen-bond donors (Lipinski definition) is 0. The van der Waals surface area contributed by atoms with Gasteiger partial charge in [0, 0.05) is 26.1 Å². The Morgan fingerprint density at radius 3 is 2.55 bits per heavy atom.